The van der Waals surface area contributed by atoms with Gasteiger partial charge in [-0.2, -0.15) is 18.4 Å². The van der Waals surface area contributed by atoms with Gasteiger partial charge >= 0.3 is 12.1 Å². The van der Waals surface area contributed by atoms with Gasteiger partial charge in [-0.1, -0.05) is 17.7 Å². The molecular formula is C15H8ClF3N2O2. The summed E-state index contributed by atoms with van der Waals surface area (Å²) in [4.78, 5) is 15.6. The Hall–Kier alpha value is -2.59. The Labute approximate surface area is 134 Å². The average molecular weight is 341 g/mol. The third-order valence-corrected chi connectivity index (χ3v) is 3.28. The zero-order valence-electron chi connectivity index (χ0n) is 11.6. The zero-order chi connectivity index (χ0) is 17.2. The van der Waals surface area contributed by atoms with Crippen LogP contribution in [0.5, 0.6) is 0 Å². The van der Waals surface area contributed by atoms with Crippen molar-refractivity contribution in [1.29, 1.82) is 5.26 Å². The number of ether oxygens (including phenoxy) is 1. The minimum atomic E-state index is -4.52. The number of halogens is 4. The van der Waals surface area contributed by atoms with Crippen LogP contribution in [0.2, 0.25) is 5.02 Å². The predicted octanol–water partition coefficient (Wildman–Crippen LogP) is 4.08. The molecule has 2 aromatic rings. The molecule has 0 amide bonds. The lowest BCUT2D eigenvalue weighted by Gasteiger charge is -2.10. The number of hydrogen-bond donors (Lipinski definition) is 0. The molecule has 4 nitrogen and oxygen atoms in total. The molecule has 118 valence electrons. The Morgan fingerprint density at radius 1 is 1.30 bits per heavy atom. The number of carbonyl (C=O) groups is 1. The minimum Gasteiger partial charge on any atom is -0.464 e. The van der Waals surface area contributed by atoms with Crippen molar-refractivity contribution in [3.05, 3.63) is 52.2 Å². The highest BCUT2D eigenvalue weighted by Crippen LogP contribution is 2.35. The lowest BCUT2D eigenvalue weighted by Crippen LogP contribution is -2.08. The molecule has 0 bridgehead atoms. The summed E-state index contributed by atoms with van der Waals surface area (Å²) >= 11 is 5.89. The fourth-order valence-corrected chi connectivity index (χ4v) is 2.13. The number of methoxy groups -OCH3 is 1. The Morgan fingerprint density at radius 3 is 2.52 bits per heavy atom. The Bertz CT molecular complexity index is 813. The second-order valence-corrected chi connectivity index (χ2v) is 4.80. The molecule has 0 spiro atoms. The summed E-state index contributed by atoms with van der Waals surface area (Å²) in [6.45, 7) is 0. The van der Waals surface area contributed by atoms with Crippen LogP contribution >= 0.6 is 11.6 Å². The number of aromatic nitrogens is 1. The molecule has 1 aromatic carbocycles. The van der Waals surface area contributed by atoms with Crippen LogP contribution in [0.1, 0.15) is 21.6 Å². The molecule has 0 saturated carbocycles. The van der Waals surface area contributed by atoms with E-state index in [0.717, 1.165) is 25.3 Å². The van der Waals surface area contributed by atoms with E-state index < -0.39 is 17.7 Å². The molecule has 1 heterocycles. The molecule has 0 radical (unpaired) electrons. The van der Waals surface area contributed by atoms with Gasteiger partial charge in [0, 0.05) is 5.56 Å². The van der Waals surface area contributed by atoms with Crippen molar-refractivity contribution in [1.82, 2.24) is 4.98 Å². The summed E-state index contributed by atoms with van der Waals surface area (Å²) < 4.78 is 42.5. The molecule has 0 saturated heterocycles. The molecular weight excluding hydrogens is 333 g/mol. The van der Waals surface area contributed by atoms with Crippen molar-refractivity contribution in [3.63, 3.8) is 0 Å². The van der Waals surface area contributed by atoms with Gasteiger partial charge in [0.15, 0.2) is 5.69 Å². The summed E-state index contributed by atoms with van der Waals surface area (Å²) in [7, 11) is 1.13. The SMILES string of the molecule is COC(=O)c1nc(-c2ccc(C(F)(F)F)cc2Cl)ccc1C#N. The Kier molecular flexibility index (Phi) is 4.57. The number of esters is 1. The number of benzene rings is 1. The molecule has 0 N–H and O–H groups in total. The number of carbonyl (C=O) groups excluding carboxylic acids is 1. The number of nitrogens with zero attached hydrogens (tertiary/aromatic N) is 2. The highest BCUT2D eigenvalue weighted by atomic mass is 35.5. The van der Waals surface area contributed by atoms with E-state index in [1.807, 2.05) is 0 Å². The summed E-state index contributed by atoms with van der Waals surface area (Å²) in [6.07, 6.45) is -4.52. The fourth-order valence-electron chi connectivity index (χ4n) is 1.85. The maximum absolute atomic E-state index is 12.6. The highest BCUT2D eigenvalue weighted by molar-refractivity contribution is 6.33. The van der Waals surface area contributed by atoms with Crippen LogP contribution in [0.25, 0.3) is 11.3 Å². The molecule has 0 atom stereocenters. The van der Waals surface area contributed by atoms with E-state index in [0.29, 0.717) is 0 Å². The number of pyridine rings is 1. The number of rotatable bonds is 2. The minimum absolute atomic E-state index is 0.0105. The van der Waals surface area contributed by atoms with Crippen LogP contribution in [0.3, 0.4) is 0 Å². The van der Waals surface area contributed by atoms with Gasteiger partial charge in [-0.3, -0.25) is 0 Å². The first kappa shape index (κ1) is 16.8. The van der Waals surface area contributed by atoms with Crippen molar-refractivity contribution in [2.75, 3.05) is 7.11 Å². The number of nitriles is 1. The van der Waals surface area contributed by atoms with Crippen molar-refractivity contribution < 1.29 is 22.7 Å². The average Bonchev–Trinajstić information content (AvgIpc) is 2.52. The van der Waals surface area contributed by atoms with E-state index in [2.05, 4.69) is 9.72 Å². The van der Waals surface area contributed by atoms with E-state index in [1.165, 1.54) is 12.1 Å². The van der Waals surface area contributed by atoms with E-state index in [4.69, 9.17) is 16.9 Å². The first-order chi connectivity index (χ1) is 10.8. The van der Waals surface area contributed by atoms with Gasteiger partial charge in [0.2, 0.25) is 0 Å². The van der Waals surface area contributed by atoms with Gasteiger partial charge in [0.1, 0.15) is 6.07 Å². The van der Waals surface area contributed by atoms with Crippen LogP contribution in [0.15, 0.2) is 30.3 Å². The zero-order valence-corrected chi connectivity index (χ0v) is 12.4. The highest BCUT2D eigenvalue weighted by Gasteiger charge is 2.31. The third kappa shape index (κ3) is 3.43. The van der Waals surface area contributed by atoms with E-state index in [1.54, 1.807) is 6.07 Å². The topological polar surface area (TPSA) is 63.0 Å². The summed E-state index contributed by atoms with van der Waals surface area (Å²) in [5.74, 6) is -0.827. The van der Waals surface area contributed by atoms with Crippen molar-refractivity contribution in [3.8, 4) is 17.3 Å². The molecule has 23 heavy (non-hydrogen) atoms. The van der Waals surface area contributed by atoms with Crippen LogP contribution in [0.4, 0.5) is 13.2 Å². The number of hydrogen-bond acceptors (Lipinski definition) is 4. The standard InChI is InChI=1S/C15H8ClF3N2O2/c1-23-14(22)13-8(7-20)2-5-12(21-13)10-4-3-9(6-11(10)16)15(17,18)19/h2-6H,1H3. The predicted molar refractivity (Wildman–Crippen MR) is 75.7 cm³/mol. The lowest BCUT2D eigenvalue weighted by molar-refractivity contribution is -0.137. The van der Waals surface area contributed by atoms with E-state index in [-0.39, 0.29) is 27.5 Å². The monoisotopic (exact) mass is 340 g/mol. The molecule has 0 aliphatic heterocycles. The third-order valence-electron chi connectivity index (χ3n) is 2.97. The molecule has 0 unspecified atom stereocenters. The van der Waals surface area contributed by atoms with E-state index in [9.17, 15) is 18.0 Å². The molecule has 2 rings (SSSR count). The quantitative estimate of drug-likeness (QED) is 0.773. The van der Waals surface area contributed by atoms with Crippen molar-refractivity contribution in [2.45, 2.75) is 6.18 Å². The van der Waals surface area contributed by atoms with Crippen LogP contribution in [-0.4, -0.2) is 18.1 Å². The largest absolute Gasteiger partial charge is 0.464 e. The molecule has 0 aliphatic rings. The number of alkyl halides is 3. The summed E-state index contributed by atoms with van der Waals surface area (Å²) in [5.41, 5.74) is -0.780. The summed E-state index contributed by atoms with van der Waals surface area (Å²) in [5, 5.41) is 8.78. The Balaban J connectivity index is 2.55. The maximum Gasteiger partial charge on any atom is 0.416 e. The maximum atomic E-state index is 12.6. The first-order valence-corrected chi connectivity index (χ1v) is 6.52. The van der Waals surface area contributed by atoms with Crippen molar-refractivity contribution >= 4 is 17.6 Å². The summed E-state index contributed by atoms with van der Waals surface area (Å²) in [6, 6.07) is 7.28. The van der Waals surface area contributed by atoms with Gasteiger partial charge < -0.3 is 4.74 Å². The molecule has 0 aliphatic carbocycles. The molecule has 0 fully saturated rings. The fraction of sp³-hybridized carbons (Fsp3) is 0.133. The first-order valence-electron chi connectivity index (χ1n) is 6.14. The normalized spacial score (nSPS) is 11.0. The van der Waals surface area contributed by atoms with Gasteiger partial charge in [-0.15, -0.1) is 0 Å². The molecule has 8 heteroatoms. The lowest BCUT2D eigenvalue weighted by atomic mass is 10.1. The van der Waals surface area contributed by atoms with Crippen molar-refractivity contribution in [2.24, 2.45) is 0 Å². The van der Waals surface area contributed by atoms with Gasteiger partial charge in [-0.05, 0) is 24.3 Å². The van der Waals surface area contributed by atoms with Gasteiger partial charge in [0.25, 0.3) is 0 Å². The van der Waals surface area contributed by atoms with Crippen LogP contribution in [0, 0.1) is 11.3 Å². The van der Waals surface area contributed by atoms with E-state index >= 15 is 0 Å². The second-order valence-electron chi connectivity index (χ2n) is 4.39. The van der Waals surface area contributed by atoms with Crippen LogP contribution < -0.4 is 0 Å². The van der Waals surface area contributed by atoms with Gasteiger partial charge in [-0.25, -0.2) is 9.78 Å². The second kappa shape index (κ2) is 6.26. The smallest absolute Gasteiger partial charge is 0.416 e. The Morgan fingerprint density at radius 2 is 2.00 bits per heavy atom. The van der Waals surface area contributed by atoms with Crippen LogP contribution in [-0.2, 0) is 10.9 Å². The molecule has 1 aromatic heterocycles. The van der Waals surface area contributed by atoms with Gasteiger partial charge in [0.05, 0.1) is 29.0 Å².